The molecule has 0 amide bonds. The quantitative estimate of drug-likeness (QED) is 0.615. The molecule has 0 unspecified atom stereocenters. The number of hydrogen-bond acceptors (Lipinski definition) is 5. The minimum Gasteiger partial charge on any atom is -0.370 e. The lowest BCUT2D eigenvalue weighted by atomic mass is 10.4. The van der Waals surface area contributed by atoms with Crippen molar-refractivity contribution < 1.29 is 0 Å². The summed E-state index contributed by atoms with van der Waals surface area (Å²) in [7, 11) is 3.96. The second-order valence-electron chi connectivity index (χ2n) is 3.42. The Hall–Kier alpha value is -0.970. The van der Waals surface area contributed by atoms with Gasteiger partial charge in [0.1, 0.15) is 11.6 Å². The van der Waals surface area contributed by atoms with Crippen molar-refractivity contribution in [3.05, 3.63) is 6.07 Å². The Bertz CT molecular complexity index is 314. The van der Waals surface area contributed by atoms with E-state index in [2.05, 4.69) is 22.2 Å². The summed E-state index contributed by atoms with van der Waals surface area (Å²) in [5.41, 5.74) is 0. The number of nitrogens with zero attached hydrogens (tertiary/aromatic N) is 3. The molecule has 0 bridgehead atoms. The summed E-state index contributed by atoms with van der Waals surface area (Å²) >= 11 is 1.56. The number of aromatic nitrogens is 2. The third-order valence-corrected chi connectivity index (χ3v) is 2.44. The highest BCUT2D eigenvalue weighted by atomic mass is 32.2. The molecule has 1 aromatic rings. The van der Waals surface area contributed by atoms with Gasteiger partial charge in [-0.1, -0.05) is 18.7 Å². The third kappa shape index (κ3) is 3.58. The monoisotopic (exact) mass is 226 g/mol. The van der Waals surface area contributed by atoms with Crippen molar-refractivity contribution in [2.24, 2.45) is 0 Å². The maximum absolute atomic E-state index is 4.40. The molecule has 0 aromatic carbocycles. The van der Waals surface area contributed by atoms with Gasteiger partial charge in [-0.05, 0) is 12.7 Å². The molecule has 15 heavy (non-hydrogen) atoms. The van der Waals surface area contributed by atoms with E-state index < -0.39 is 0 Å². The van der Waals surface area contributed by atoms with Crippen molar-refractivity contribution in [2.45, 2.75) is 18.5 Å². The van der Waals surface area contributed by atoms with Crippen LogP contribution in [0.2, 0.25) is 0 Å². The second-order valence-corrected chi connectivity index (χ2v) is 4.19. The molecular formula is C10H18N4S. The molecule has 0 aliphatic rings. The van der Waals surface area contributed by atoms with E-state index in [0.717, 1.165) is 29.8 Å². The zero-order chi connectivity index (χ0) is 11.3. The number of thioether (sulfide) groups is 1. The predicted molar refractivity (Wildman–Crippen MR) is 66.9 cm³/mol. The second kappa shape index (κ2) is 5.80. The van der Waals surface area contributed by atoms with Crippen molar-refractivity contribution in [2.75, 3.05) is 37.1 Å². The molecule has 1 heterocycles. The average molecular weight is 226 g/mol. The zero-order valence-electron chi connectivity index (χ0n) is 9.74. The molecule has 0 aliphatic carbocycles. The Morgan fingerprint density at radius 2 is 2.13 bits per heavy atom. The van der Waals surface area contributed by atoms with Gasteiger partial charge in [0.2, 0.25) is 0 Å². The van der Waals surface area contributed by atoms with E-state index in [1.165, 1.54) is 0 Å². The standard InChI is InChI=1S/C10H18N4S/c1-5-6-11-8-7-9(14(2)3)13-10(12-8)15-4/h7H,5-6H2,1-4H3,(H,11,12,13). The number of rotatable bonds is 5. The summed E-state index contributed by atoms with van der Waals surface area (Å²) in [6.07, 6.45) is 3.08. The summed E-state index contributed by atoms with van der Waals surface area (Å²) in [4.78, 5) is 10.8. The minimum absolute atomic E-state index is 0.805. The first-order valence-electron chi connectivity index (χ1n) is 5.01. The van der Waals surface area contributed by atoms with Crippen LogP contribution in [0.3, 0.4) is 0 Å². The van der Waals surface area contributed by atoms with Gasteiger partial charge in [0, 0.05) is 26.7 Å². The third-order valence-electron chi connectivity index (χ3n) is 1.89. The SMILES string of the molecule is CCCNc1cc(N(C)C)nc(SC)n1. The van der Waals surface area contributed by atoms with Crippen LogP contribution in [0, 0.1) is 0 Å². The molecule has 1 rings (SSSR count). The number of hydrogen-bond donors (Lipinski definition) is 1. The van der Waals surface area contributed by atoms with E-state index in [0.29, 0.717) is 0 Å². The fourth-order valence-electron chi connectivity index (χ4n) is 1.08. The lowest BCUT2D eigenvalue weighted by Crippen LogP contribution is -2.13. The molecule has 0 radical (unpaired) electrons. The molecule has 84 valence electrons. The molecule has 0 aliphatic heterocycles. The highest BCUT2D eigenvalue weighted by molar-refractivity contribution is 7.98. The van der Waals surface area contributed by atoms with Gasteiger partial charge < -0.3 is 10.2 Å². The van der Waals surface area contributed by atoms with Crippen LogP contribution in [0.1, 0.15) is 13.3 Å². The summed E-state index contributed by atoms with van der Waals surface area (Å²) in [5, 5.41) is 4.08. The molecular weight excluding hydrogens is 208 g/mol. The van der Waals surface area contributed by atoms with Crippen molar-refractivity contribution in [3.63, 3.8) is 0 Å². The van der Waals surface area contributed by atoms with Crippen LogP contribution in [0.25, 0.3) is 0 Å². The number of anilines is 2. The normalized spacial score (nSPS) is 10.1. The summed E-state index contributed by atoms with van der Waals surface area (Å²) in [6, 6.07) is 1.97. The van der Waals surface area contributed by atoms with Gasteiger partial charge in [-0.15, -0.1) is 0 Å². The van der Waals surface area contributed by atoms with Gasteiger partial charge in [-0.3, -0.25) is 0 Å². The van der Waals surface area contributed by atoms with E-state index in [1.54, 1.807) is 11.8 Å². The van der Waals surface area contributed by atoms with E-state index in [4.69, 9.17) is 0 Å². The highest BCUT2D eigenvalue weighted by Crippen LogP contribution is 2.18. The van der Waals surface area contributed by atoms with Crippen molar-refractivity contribution in [1.29, 1.82) is 0 Å². The fraction of sp³-hybridized carbons (Fsp3) is 0.600. The molecule has 1 aromatic heterocycles. The van der Waals surface area contributed by atoms with Crippen LogP contribution in [0.15, 0.2) is 11.2 Å². The first-order chi connectivity index (χ1) is 7.17. The zero-order valence-corrected chi connectivity index (χ0v) is 10.6. The fourth-order valence-corrected chi connectivity index (χ4v) is 1.45. The Kier molecular flexibility index (Phi) is 4.68. The average Bonchev–Trinajstić information content (AvgIpc) is 2.25. The summed E-state index contributed by atoms with van der Waals surface area (Å²) in [6.45, 7) is 3.08. The Labute approximate surface area is 95.5 Å². The largest absolute Gasteiger partial charge is 0.370 e. The first kappa shape index (κ1) is 12.1. The molecule has 5 heteroatoms. The van der Waals surface area contributed by atoms with Crippen molar-refractivity contribution >= 4 is 23.4 Å². The molecule has 0 saturated carbocycles. The molecule has 4 nitrogen and oxygen atoms in total. The molecule has 0 spiro atoms. The van der Waals surface area contributed by atoms with Crippen molar-refractivity contribution in [1.82, 2.24) is 9.97 Å². The van der Waals surface area contributed by atoms with Gasteiger partial charge >= 0.3 is 0 Å². The van der Waals surface area contributed by atoms with Gasteiger partial charge in [0.15, 0.2) is 5.16 Å². The van der Waals surface area contributed by atoms with Crippen LogP contribution in [-0.4, -0.2) is 36.9 Å². The highest BCUT2D eigenvalue weighted by Gasteiger charge is 2.04. The number of nitrogens with one attached hydrogen (secondary N) is 1. The van der Waals surface area contributed by atoms with Gasteiger partial charge in [-0.2, -0.15) is 0 Å². The summed E-state index contributed by atoms with van der Waals surface area (Å²) < 4.78 is 0. The summed E-state index contributed by atoms with van der Waals surface area (Å²) in [5.74, 6) is 1.84. The topological polar surface area (TPSA) is 41.0 Å². The maximum atomic E-state index is 4.40. The molecule has 0 fully saturated rings. The smallest absolute Gasteiger partial charge is 0.191 e. The minimum atomic E-state index is 0.805. The Morgan fingerprint density at radius 1 is 1.40 bits per heavy atom. The molecule has 1 N–H and O–H groups in total. The van der Waals surface area contributed by atoms with Crippen LogP contribution in [0.5, 0.6) is 0 Å². The lowest BCUT2D eigenvalue weighted by molar-refractivity contribution is 0.907. The van der Waals surface area contributed by atoms with Gasteiger partial charge in [0.25, 0.3) is 0 Å². The predicted octanol–water partition coefficient (Wildman–Crippen LogP) is 2.09. The van der Waals surface area contributed by atoms with E-state index in [-0.39, 0.29) is 0 Å². The Morgan fingerprint density at radius 3 is 2.67 bits per heavy atom. The van der Waals surface area contributed by atoms with Crippen LogP contribution in [-0.2, 0) is 0 Å². The first-order valence-corrected chi connectivity index (χ1v) is 6.24. The Balaban J connectivity index is 2.90. The molecule has 0 atom stereocenters. The molecule has 0 saturated heterocycles. The van der Waals surface area contributed by atoms with E-state index >= 15 is 0 Å². The van der Waals surface area contributed by atoms with Gasteiger partial charge in [-0.25, -0.2) is 9.97 Å². The van der Waals surface area contributed by atoms with Crippen LogP contribution < -0.4 is 10.2 Å². The lowest BCUT2D eigenvalue weighted by Gasteiger charge is -2.13. The van der Waals surface area contributed by atoms with Crippen LogP contribution in [0.4, 0.5) is 11.6 Å². The maximum Gasteiger partial charge on any atom is 0.191 e. The van der Waals surface area contributed by atoms with Gasteiger partial charge in [0.05, 0.1) is 0 Å². The van der Waals surface area contributed by atoms with Crippen LogP contribution >= 0.6 is 11.8 Å². The van der Waals surface area contributed by atoms with Crippen molar-refractivity contribution in [3.8, 4) is 0 Å². The van der Waals surface area contributed by atoms with E-state index in [1.807, 2.05) is 31.3 Å². The van der Waals surface area contributed by atoms with E-state index in [9.17, 15) is 0 Å².